The Morgan fingerprint density at radius 3 is 2.70 bits per heavy atom. The number of halogens is 3. The zero-order chi connectivity index (χ0) is 14.8. The van der Waals surface area contributed by atoms with Crippen molar-refractivity contribution < 1.29 is 17.2 Å². The molecule has 0 saturated heterocycles. The Morgan fingerprint density at radius 1 is 1.25 bits per heavy atom. The monoisotopic (exact) mass is 318 g/mol. The van der Waals surface area contributed by atoms with Crippen molar-refractivity contribution in [2.45, 2.75) is 11.4 Å². The number of nitrogens with one attached hydrogen (secondary N) is 1. The average Bonchev–Trinajstić information content (AvgIpc) is 2.40. The second-order valence-corrected chi connectivity index (χ2v) is 6.01. The van der Waals surface area contributed by atoms with Crippen molar-refractivity contribution in [3.8, 4) is 0 Å². The predicted octanol–water partition coefficient (Wildman–Crippen LogP) is 2.49. The van der Waals surface area contributed by atoms with Gasteiger partial charge in [0.1, 0.15) is 16.5 Å². The topological polar surface area (TPSA) is 59.1 Å². The van der Waals surface area contributed by atoms with E-state index in [1.54, 1.807) is 0 Å². The van der Waals surface area contributed by atoms with E-state index in [9.17, 15) is 17.2 Å². The molecule has 0 radical (unpaired) electrons. The average molecular weight is 319 g/mol. The lowest BCUT2D eigenvalue weighted by Crippen LogP contribution is -2.24. The maximum atomic E-state index is 13.4. The Hall–Kier alpha value is -1.57. The summed E-state index contributed by atoms with van der Waals surface area (Å²) in [5, 5.41) is -0.00721. The summed E-state index contributed by atoms with van der Waals surface area (Å²) in [6.45, 7) is -0.392. The molecule has 2 aromatic rings. The van der Waals surface area contributed by atoms with E-state index in [-0.39, 0.29) is 15.5 Å². The lowest BCUT2D eigenvalue weighted by molar-refractivity contribution is 0.567. The number of hydrogen-bond acceptors (Lipinski definition) is 3. The van der Waals surface area contributed by atoms with Gasteiger partial charge in [0.2, 0.25) is 10.0 Å². The van der Waals surface area contributed by atoms with Crippen LogP contribution in [0.5, 0.6) is 0 Å². The van der Waals surface area contributed by atoms with E-state index >= 15 is 0 Å². The first-order chi connectivity index (χ1) is 9.40. The van der Waals surface area contributed by atoms with E-state index in [2.05, 4.69) is 9.71 Å². The minimum absolute atomic E-state index is 0.00721. The molecule has 0 aliphatic heterocycles. The van der Waals surface area contributed by atoms with Crippen LogP contribution in [0.15, 0.2) is 41.6 Å². The van der Waals surface area contributed by atoms with Crippen LogP contribution in [0.1, 0.15) is 5.56 Å². The minimum atomic E-state index is -3.95. The van der Waals surface area contributed by atoms with Gasteiger partial charge in [0, 0.05) is 24.5 Å². The van der Waals surface area contributed by atoms with Gasteiger partial charge >= 0.3 is 0 Å². The molecule has 0 atom stereocenters. The maximum Gasteiger partial charge on any atom is 0.243 e. The molecule has 4 nitrogen and oxygen atoms in total. The number of nitrogens with zero attached hydrogens (tertiary/aromatic N) is 1. The van der Waals surface area contributed by atoms with Crippen LogP contribution in [-0.4, -0.2) is 13.4 Å². The van der Waals surface area contributed by atoms with Gasteiger partial charge in [0.15, 0.2) is 0 Å². The minimum Gasteiger partial charge on any atom is -0.263 e. The number of rotatable bonds is 4. The van der Waals surface area contributed by atoms with E-state index in [0.717, 1.165) is 24.4 Å². The van der Waals surface area contributed by atoms with E-state index in [4.69, 9.17) is 11.6 Å². The van der Waals surface area contributed by atoms with Crippen molar-refractivity contribution >= 4 is 21.6 Å². The molecule has 1 aromatic heterocycles. The molecule has 2 rings (SSSR count). The summed E-state index contributed by atoms with van der Waals surface area (Å²) < 4.78 is 52.4. The summed E-state index contributed by atoms with van der Waals surface area (Å²) in [7, 11) is -3.95. The number of hydrogen-bond donors (Lipinski definition) is 1. The van der Waals surface area contributed by atoms with Crippen LogP contribution in [0.25, 0.3) is 0 Å². The molecule has 1 aromatic carbocycles. The van der Waals surface area contributed by atoms with Crippen LogP contribution in [-0.2, 0) is 16.6 Å². The normalized spacial score (nSPS) is 11.6. The van der Waals surface area contributed by atoms with Crippen molar-refractivity contribution in [3.63, 3.8) is 0 Å². The number of pyridine rings is 1. The Kier molecular flexibility index (Phi) is 4.32. The highest BCUT2D eigenvalue weighted by molar-refractivity contribution is 7.89. The standard InChI is InChI=1S/C12H9ClF2N2O2S/c13-10-3-4-16-7-12(10)20(18,19)17-6-8-5-9(14)1-2-11(8)15/h1-5,7,17H,6H2. The van der Waals surface area contributed by atoms with Crippen LogP contribution in [0, 0.1) is 11.6 Å². The Balaban J connectivity index is 2.22. The third kappa shape index (κ3) is 3.30. The van der Waals surface area contributed by atoms with Gasteiger partial charge in [0.05, 0.1) is 5.02 Å². The lowest BCUT2D eigenvalue weighted by atomic mass is 10.2. The molecule has 1 N–H and O–H groups in total. The van der Waals surface area contributed by atoms with E-state index in [0.29, 0.717) is 0 Å². The van der Waals surface area contributed by atoms with E-state index < -0.39 is 28.2 Å². The van der Waals surface area contributed by atoms with Gasteiger partial charge in [0.25, 0.3) is 0 Å². The Bertz CT molecular complexity index is 738. The van der Waals surface area contributed by atoms with Gasteiger partial charge in [-0.25, -0.2) is 21.9 Å². The molecule has 106 valence electrons. The molecule has 0 unspecified atom stereocenters. The fourth-order valence-corrected chi connectivity index (χ4v) is 2.93. The van der Waals surface area contributed by atoms with Crippen molar-refractivity contribution in [2.24, 2.45) is 0 Å². The molecule has 0 aliphatic rings. The van der Waals surface area contributed by atoms with E-state index in [1.807, 2.05) is 0 Å². The molecule has 0 aliphatic carbocycles. The first-order valence-electron chi connectivity index (χ1n) is 5.43. The summed E-state index contributed by atoms with van der Waals surface area (Å²) in [6.07, 6.45) is 2.42. The highest BCUT2D eigenvalue weighted by Crippen LogP contribution is 2.19. The Morgan fingerprint density at radius 2 is 2.00 bits per heavy atom. The molecule has 20 heavy (non-hydrogen) atoms. The summed E-state index contributed by atoms with van der Waals surface area (Å²) in [5.74, 6) is -1.36. The first kappa shape index (κ1) is 14.8. The summed E-state index contributed by atoms with van der Waals surface area (Å²) in [5.41, 5.74) is -0.103. The molecule has 8 heteroatoms. The van der Waals surface area contributed by atoms with Crippen LogP contribution < -0.4 is 4.72 Å². The quantitative estimate of drug-likeness (QED) is 0.942. The second kappa shape index (κ2) is 5.82. The zero-order valence-corrected chi connectivity index (χ0v) is 11.5. The van der Waals surface area contributed by atoms with Crippen LogP contribution >= 0.6 is 11.6 Å². The molecule has 0 saturated carbocycles. The largest absolute Gasteiger partial charge is 0.263 e. The van der Waals surface area contributed by atoms with Gasteiger partial charge < -0.3 is 0 Å². The molecule has 0 bridgehead atoms. The predicted molar refractivity (Wildman–Crippen MR) is 69.6 cm³/mol. The summed E-state index contributed by atoms with van der Waals surface area (Å²) in [4.78, 5) is 3.44. The third-order valence-corrected chi connectivity index (χ3v) is 4.35. The molecule has 1 heterocycles. The maximum absolute atomic E-state index is 13.4. The van der Waals surface area contributed by atoms with Gasteiger partial charge in [-0.2, -0.15) is 0 Å². The van der Waals surface area contributed by atoms with Crippen LogP contribution in [0.4, 0.5) is 8.78 Å². The molecule has 0 amide bonds. The summed E-state index contributed by atoms with van der Waals surface area (Å²) in [6, 6.07) is 4.11. The van der Waals surface area contributed by atoms with Crippen molar-refractivity contribution in [1.82, 2.24) is 9.71 Å². The smallest absolute Gasteiger partial charge is 0.243 e. The van der Waals surface area contributed by atoms with E-state index in [1.165, 1.54) is 12.3 Å². The van der Waals surface area contributed by atoms with Crippen molar-refractivity contribution in [3.05, 3.63) is 58.9 Å². The van der Waals surface area contributed by atoms with Crippen molar-refractivity contribution in [1.29, 1.82) is 0 Å². The van der Waals surface area contributed by atoms with Gasteiger partial charge in [-0.05, 0) is 24.3 Å². The number of sulfonamides is 1. The fourth-order valence-electron chi connectivity index (χ4n) is 1.49. The van der Waals surface area contributed by atoms with Gasteiger partial charge in [-0.1, -0.05) is 11.6 Å². The number of aromatic nitrogens is 1. The molecule has 0 spiro atoms. The fraction of sp³-hybridized carbons (Fsp3) is 0.0833. The highest BCUT2D eigenvalue weighted by Gasteiger charge is 2.18. The third-order valence-electron chi connectivity index (χ3n) is 2.48. The van der Waals surface area contributed by atoms with Gasteiger partial charge in [-0.15, -0.1) is 0 Å². The van der Waals surface area contributed by atoms with Crippen molar-refractivity contribution in [2.75, 3.05) is 0 Å². The molecular formula is C12H9ClF2N2O2S. The lowest BCUT2D eigenvalue weighted by Gasteiger charge is -2.08. The molecule has 0 fully saturated rings. The highest BCUT2D eigenvalue weighted by atomic mass is 35.5. The van der Waals surface area contributed by atoms with Crippen LogP contribution in [0.3, 0.4) is 0 Å². The number of benzene rings is 1. The summed E-state index contributed by atoms with van der Waals surface area (Å²) >= 11 is 5.75. The SMILES string of the molecule is O=S(=O)(NCc1cc(F)ccc1F)c1cnccc1Cl. The Labute approximate surface area is 119 Å². The molecular weight excluding hydrogens is 310 g/mol. The second-order valence-electron chi connectivity index (χ2n) is 3.87. The van der Waals surface area contributed by atoms with Gasteiger partial charge in [-0.3, -0.25) is 4.98 Å². The first-order valence-corrected chi connectivity index (χ1v) is 7.29. The van der Waals surface area contributed by atoms with Crippen LogP contribution in [0.2, 0.25) is 5.02 Å². The zero-order valence-electron chi connectivity index (χ0n) is 9.98.